The molecule has 1 aromatic carbocycles. The van der Waals surface area contributed by atoms with Crippen molar-refractivity contribution < 1.29 is 13.6 Å². The van der Waals surface area contributed by atoms with Crippen LogP contribution in [0.1, 0.15) is 45.6 Å². The van der Waals surface area contributed by atoms with Crippen molar-refractivity contribution in [3.8, 4) is 0 Å². The van der Waals surface area contributed by atoms with E-state index in [0.717, 1.165) is 12.8 Å². The van der Waals surface area contributed by atoms with Gasteiger partial charge in [-0.15, -0.1) is 0 Å². The van der Waals surface area contributed by atoms with Gasteiger partial charge < -0.3 is 0 Å². The van der Waals surface area contributed by atoms with Crippen LogP contribution in [0.5, 0.6) is 0 Å². The smallest absolute Gasteiger partial charge is 0.143 e. The highest BCUT2D eigenvalue weighted by Crippen LogP contribution is 2.41. The molecule has 0 spiro atoms. The fraction of sp³-hybridized carbons (Fsp3) is 0.588. The summed E-state index contributed by atoms with van der Waals surface area (Å²) in [6.45, 7) is 5.95. The van der Waals surface area contributed by atoms with Crippen LogP contribution in [0.15, 0.2) is 16.6 Å². The molecule has 0 amide bonds. The summed E-state index contributed by atoms with van der Waals surface area (Å²) >= 11 is 3.09. The third kappa shape index (κ3) is 3.53. The van der Waals surface area contributed by atoms with Crippen LogP contribution in [0.3, 0.4) is 0 Å². The van der Waals surface area contributed by atoms with E-state index in [9.17, 15) is 13.6 Å². The SMILES string of the molecule is CC1CCC(C(C)(C)Cc2c(F)ccc(Br)c2F)C(=O)C1. The summed E-state index contributed by atoms with van der Waals surface area (Å²) in [5, 5.41) is 0. The Morgan fingerprint density at radius 2 is 1.95 bits per heavy atom. The van der Waals surface area contributed by atoms with E-state index >= 15 is 0 Å². The lowest BCUT2D eigenvalue weighted by atomic mass is 9.66. The quantitative estimate of drug-likeness (QED) is 0.669. The van der Waals surface area contributed by atoms with Gasteiger partial charge in [0.2, 0.25) is 0 Å². The molecule has 0 radical (unpaired) electrons. The maximum atomic E-state index is 14.1. The minimum absolute atomic E-state index is 0.0702. The first-order valence-corrected chi connectivity index (χ1v) is 8.16. The molecule has 0 aromatic heterocycles. The summed E-state index contributed by atoms with van der Waals surface area (Å²) in [7, 11) is 0. The summed E-state index contributed by atoms with van der Waals surface area (Å²) < 4.78 is 28.4. The van der Waals surface area contributed by atoms with E-state index in [1.165, 1.54) is 12.1 Å². The Morgan fingerprint density at radius 1 is 1.29 bits per heavy atom. The Bertz CT molecular complexity index is 554. The van der Waals surface area contributed by atoms with E-state index in [2.05, 4.69) is 22.9 Å². The Balaban J connectivity index is 2.25. The Labute approximate surface area is 133 Å². The van der Waals surface area contributed by atoms with E-state index in [-0.39, 0.29) is 28.2 Å². The zero-order chi connectivity index (χ0) is 15.8. The van der Waals surface area contributed by atoms with Crippen molar-refractivity contribution in [1.29, 1.82) is 0 Å². The minimum Gasteiger partial charge on any atom is -0.299 e. The molecule has 0 N–H and O–H groups in total. The van der Waals surface area contributed by atoms with Gasteiger partial charge in [0.1, 0.15) is 17.4 Å². The van der Waals surface area contributed by atoms with Crippen LogP contribution in [-0.4, -0.2) is 5.78 Å². The van der Waals surface area contributed by atoms with Crippen molar-refractivity contribution in [3.05, 3.63) is 33.8 Å². The average molecular weight is 359 g/mol. The van der Waals surface area contributed by atoms with Crippen LogP contribution in [0.2, 0.25) is 0 Å². The van der Waals surface area contributed by atoms with Crippen molar-refractivity contribution in [2.45, 2.75) is 46.5 Å². The molecule has 1 aromatic rings. The maximum Gasteiger partial charge on any atom is 0.143 e. The number of benzene rings is 1. The van der Waals surface area contributed by atoms with Crippen molar-refractivity contribution in [1.82, 2.24) is 0 Å². The van der Waals surface area contributed by atoms with Crippen molar-refractivity contribution in [2.75, 3.05) is 0 Å². The van der Waals surface area contributed by atoms with Gasteiger partial charge >= 0.3 is 0 Å². The molecule has 1 aliphatic rings. The monoisotopic (exact) mass is 358 g/mol. The van der Waals surface area contributed by atoms with Gasteiger partial charge in [0.05, 0.1) is 4.47 Å². The molecule has 2 rings (SSSR count). The van der Waals surface area contributed by atoms with Gasteiger partial charge in [0, 0.05) is 17.9 Å². The molecule has 0 saturated heterocycles. The lowest BCUT2D eigenvalue weighted by molar-refractivity contribution is -0.129. The fourth-order valence-corrected chi connectivity index (χ4v) is 3.71. The fourth-order valence-electron chi connectivity index (χ4n) is 3.34. The van der Waals surface area contributed by atoms with Gasteiger partial charge in [-0.05, 0) is 58.7 Å². The second kappa shape index (κ2) is 6.15. The van der Waals surface area contributed by atoms with E-state index in [0.29, 0.717) is 12.3 Å². The van der Waals surface area contributed by atoms with Crippen LogP contribution < -0.4 is 0 Å². The molecule has 1 saturated carbocycles. The highest BCUT2D eigenvalue weighted by atomic mass is 79.9. The third-order valence-electron chi connectivity index (χ3n) is 4.60. The number of hydrogen-bond acceptors (Lipinski definition) is 1. The molecule has 21 heavy (non-hydrogen) atoms. The van der Waals surface area contributed by atoms with Crippen LogP contribution in [0.25, 0.3) is 0 Å². The van der Waals surface area contributed by atoms with E-state index in [4.69, 9.17) is 0 Å². The second-order valence-corrected chi connectivity index (χ2v) is 7.75. The number of rotatable bonds is 3. The van der Waals surface area contributed by atoms with E-state index in [1.54, 1.807) is 0 Å². The van der Waals surface area contributed by atoms with Crippen LogP contribution in [-0.2, 0) is 11.2 Å². The molecule has 0 bridgehead atoms. The number of carbonyl (C=O) groups excluding carboxylic acids is 1. The predicted octanol–water partition coefficient (Wildman–Crippen LogP) is 5.30. The van der Waals surface area contributed by atoms with Crippen LogP contribution >= 0.6 is 15.9 Å². The van der Waals surface area contributed by atoms with Gasteiger partial charge in [-0.1, -0.05) is 20.8 Å². The van der Waals surface area contributed by atoms with Gasteiger partial charge in [-0.2, -0.15) is 0 Å². The van der Waals surface area contributed by atoms with Gasteiger partial charge in [-0.3, -0.25) is 4.79 Å². The first-order chi connectivity index (χ1) is 9.72. The zero-order valence-corrected chi connectivity index (χ0v) is 14.3. The summed E-state index contributed by atoms with van der Waals surface area (Å²) in [6, 6.07) is 2.64. The lowest BCUT2D eigenvalue weighted by Gasteiger charge is -2.37. The molecule has 0 aliphatic heterocycles. The highest BCUT2D eigenvalue weighted by molar-refractivity contribution is 9.10. The molecule has 116 valence electrons. The molecular weight excluding hydrogens is 338 g/mol. The topological polar surface area (TPSA) is 17.1 Å². The summed E-state index contributed by atoms with van der Waals surface area (Å²) in [6.07, 6.45) is 2.62. The predicted molar refractivity (Wildman–Crippen MR) is 83.1 cm³/mol. The Hall–Kier alpha value is -0.770. The normalized spacial score (nSPS) is 23.4. The standard InChI is InChI=1S/C17H21BrF2O/c1-10-4-5-12(15(21)8-10)17(2,3)9-11-14(19)7-6-13(18)16(11)20/h6-7,10,12H,4-5,8-9H2,1-3H3. The molecule has 2 unspecified atom stereocenters. The first-order valence-electron chi connectivity index (χ1n) is 7.37. The third-order valence-corrected chi connectivity index (χ3v) is 5.21. The second-order valence-electron chi connectivity index (χ2n) is 6.89. The number of carbonyl (C=O) groups is 1. The molecule has 4 heteroatoms. The number of Topliss-reactive ketones (excluding diaryl/α,β-unsaturated/α-hetero) is 1. The first kappa shape index (κ1) is 16.6. The Morgan fingerprint density at radius 3 is 2.57 bits per heavy atom. The van der Waals surface area contributed by atoms with E-state index < -0.39 is 17.0 Å². The minimum atomic E-state index is -0.556. The van der Waals surface area contributed by atoms with Crippen molar-refractivity contribution >= 4 is 21.7 Å². The molecular formula is C17H21BrF2O. The Kier molecular flexibility index (Phi) is 4.86. The van der Waals surface area contributed by atoms with Crippen LogP contribution in [0, 0.1) is 28.9 Å². The summed E-state index contributed by atoms with van der Waals surface area (Å²) in [5.74, 6) is -0.565. The average Bonchev–Trinajstić information content (AvgIpc) is 2.39. The van der Waals surface area contributed by atoms with Crippen LogP contribution in [0.4, 0.5) is 8.78 Å². The van der Waals surface area contributed by atoms with Crippen molar-refractivity contribution in [2.24, 2.45) is 17.3 Å². The largest absolute Gasteiger partial charge is 0.299 e. The molecule has 2 atom stereocenters. The lowest BCUT2D eigenvalue weighted by Crippen LogP contribution is -2.37. The summed E-state index contributed by atoms with van der Waals surface area (Å²) in [5.41, 5.74) is -0.375. The number of hydrogen-bond donors (Lipinski definition) is 0. The molecule has 1 aliphatic carbocycles. The van der Waals surface area contributed by atoms with Crippen molar-refractivity contribution in [3.63, 3.8) is 0 Å². The maximum absolute atomic E-state index is 14.1. The number of ketones is 1. The van der Waals surface area contributed by atoms with E-state index in [1.807, 2.05) is 13.8 Å². The molecule has 1 fully saturated rings. The molecule has 0 heterocycles. The molecule has 1 nitrogen and oxygen atoms in total. The van der Waals surface area contributed by atoms with Gasteiger partial charge in [0.25, 0.3) is 0 Å². The van der Waals surface area contributed by atoms with Gasteiger partial charge in [-0.25, -0.2) is 8.78 Å². The highest BCUT2D eigenvalue weighted by Gasteiger charge is 2.39. The number of halogens is 3. The summed E-state index contributed by atoms with van der Waals surface area (Å²) in [4.78, 5) is 12.3. The van der Waals surface area contributed by atoms with Gasteiger partial charge in [0.15, 0.2) is 0 Å². The zero-order valence-electron chi connectivity index (χ0n) is 12.7.